The lowest BCUT2D eigenvalue weighted by molar-refractivity contribution is 0.193. The summed E-state index contributed by atoms with van der Waals surface area (Å²) in [5.41, 5.74) is 10.1. The van der Waals surface area contributed by atoms with Gasteiger partial charge in [0.05, 0.1) is 23.9 Å². The molecule has 4 N–H and O–H groups in total. The van der Waals surface area contributed by atoms with Crippen LogP contribution in [0.4, 0.5) is 5.69 Å². The number of nitriles is 1. The molecule has 150 valence electrons. The van der Waals surface area contributed by atoms with Crippen molar-refractivity contribution in [1.29, 1.82) is 5.26 Å². The number of allylic oxidation sites excluding steroid dienone is 1. The van der Waals surface area contributed by atoms with Gasteiger partial charge < -0.3 is 21.1 Å². The summed E-state index contributed by atoms with van der Waals surface area (Å²) in [6, 6.07) is 11.8. The number of nitrogens with zero attached hydrogens (tertiary/aromatic N) is 3. The Morgan fingerprint density at radius 3 is 2.97 bits per heavy atom. The number of benzene rings is 1. The van der Waals surface area contributed by atoms with Crippen LogP contribution in [-0.4, -0.2) is 44.0 Å². The average molecular weight is 390 g/mol. The first-order valence-corrected chi connectivity index (χ1v) is 9.60. The molecule has 0 saturated carbocycles. The Bertz CT molecular complexity index is 929. The number of ether oxygens (including phenoxy) is 1. The topological polar surface area (TPSA) is 108 Å². The number of rotatable bonds is 7. The van der Waals surface area contributed by atoms with Crippen LogP contribution in [0, 0.1) is 11.3 Å². The Hall–Kier alpha value is -3.37. The largest absolute Gasteiger partial charge is 0.470 e. The third kappa shape index (κ3) is 5.12. The molecule has 2 unspecified atom stereocenters. The van der Waals surface area contributed by atoms with Crippen molar-refractivity contribution >= 4 is 17.5 Å². The van der Waals surface area contributed by atoms with E-state index in [1.54, 1.807) is 19.5 Å². The zero-order valence-electron chi connectivity index (χ0n) is 16.7. The molecule has 29 heavy (non-hydrogen) atoms. The van der Waals surface area contributed by atoms with Crippen LogP contribution >= 0.6 is 0 Å². The number of nitrogens with one attached hydrogen (secondary N) is 2. The van der Waals surface area contributed by atoms with Crippen molar-refractivity contribution < 1.29 is 4.74 Å². The van der Waals surface area contributed by atoms with Crippen molar-refractivity contribution in [1.82, 2.24) is 10.3 Å². The minimum atomic E-state index is -0.00394. The first kappa shape index (κ1) is 20.4. The fraction of sp³-hybridized carbons (Fsp3) is 0.318. The molecule has 7 heteroatoms. The predicted molar refractivity (Wildman–Crippen MR) is 116 cm³/mol. The molecule has 1 aliphatic heterocycles. The number of pyridine rings is 1. The first-order valence-electron chi connectivity index (χ1n) is 9.60. The average Bonchev–Trinajstić information content (AvgIpc) is 2.77. The molecule has 1 aliphatic rings. The number of hydrogen-bond acceptors (Lipinski definition) is 7. The summed E-state index contributed by atoms with van der Waals surface area (Å²) >= 11 is 0. The van der Waals surface area contributed by atoms with Gasteiger partial charge in [-0.15, -0.1) is 0 Å². The minimum Gasteiger partial charge on any atom is -0.470 e. The molecule has 1 aromatic heterocycles. The number of aromatic nitrogens is 1. The van der Waals surface area contributed by atoms with E-state index in [0.29, 0.717) is 30.5 Å². The maximum absolute atomic E-state index is 8.90. The molecular formula is C22H26N6O. The molecule has 0 fully saturated rings. The van der Waals surface area contributed by atoms with E-state index < -0.39 is 0 Å². The van der Waals surface area contributed by atoms with Crippen molar-refractivity contribution in [3.8, 4) is 11.9 Å². The second-order valence-electron chi connectivity index (χ2n) is 7.00. The quantitative estimate of drug-likeness (QED) is 0.627. The van der Waals surface area contributed by atoms with Crippen molar-refractivity contribution in [2.75, 3.05) is 32.0 Å². The third-order valence-electron chi connectivity index (χ3n) is 4.86. The summed E-state index contributed by atoms with van der Waals surface area (Å²) < 4.78 is 6.02. The van der Waals surface area contributed by atoms with E-state index in [1.165, 1.54) is 11.8 Å². The van der Waals surface area contributed by atoms with Gasteiger partial charge in [-0.1, -0.05) is 19.1 Å². The van der Waals surface area contributed by atoms with Gasteiger partial charge in [0.2, 0.25) is 5.88 Å². The number of nitrogens with two attached hydrogens (primary N) is 1. The normalized spacial score (nSPS) is 17.1. The number of anilines is 1. The fourth-order valence-electron chi connectivity index (χ4n) is 3.19. The number of fused-ring (bicyclic) bond motifs is 1. The third-order valence-corrected chi connectivity index (χ3v) is 4.86. The summed E-state index contributed by atoms with van der Waals surface area (Å²) in [4.78, 5) is 8.44. The van der Waals surface area contributed by atoms with Crippen molar-refractivity contribution in [2.45, 2.75) is 18.9 Å². The minimum absolute atomic E-state index is 0.00394. The summed E-state index contributed by atoms with van der Waals surface area (Å²) in [6.07, 6.45) is 4.95. The van der Waals surface area contributed by atoms with Gasteiger partial charge in [-0.3, -0.25) is 4.99 Å². The highest BCUT2D eigenvalue weighted by Crippen LogP contribution is 2.29. The molecule has 7 nitrogen and oxygen atoms in total. The summed E-state index contributed by atoms with van der Waals surface area (Å²) in [6.45, 7) is 4.40. The van der Waals surface area contributed by atoms with Gasteiger partial charge >= 0.3 is 0 Å². The van der Waals surface area contributed by atoms with Crippen LogP contribution in [0.3, 0.4) is 0 Å². The van der Waals surface area contributed by atoms with Gasteiger partial charge in [0.1, 0.15) is 6.10 Å². The monoisotopic (exact) mass is 390 g/mol. The number of hydrogen-bond donors (Lipinski definition) is 3. The molecule has 1 aromatic carbocycles. The standard InChI is InChI=1S/C22H26N6O/c1-15(17-5-3-16(8-23)4-6-17)10-26-13-20-14-27-21-7-18(12-28-22(21)29-20)19(9-24)11-25-2/h3-7,9,11-12,15,20,26-27H,10,13-14,24H2,1-2H3/b19-9+,25-11?. The SMILES string of the molecule is CN=C/C(=C\N)c1cnc2c(c1)NCC(CNCC(C)c1ccc(C#N)cc1)O2. The Morgan fingerprint density at radius 1 is 1.48 bits per heavy atom. The maximum atomic E-state index is 8.90. The molecule has 0 amide bonds. The molecule has 2 atom stereocenters. The van der Waals surface area contributed by atoms with Gasteiger partial charge in [0.25, 0.3) is 0 Å². The van der Waals surface area contributed by atoms with Gasteiger partial charge in [0.15, 0.2) is 0 Å². The van der Waals surface area contributed by atoms with E-state index in [9.17, 15) is 0 Å². The second kappa shape index (κ2) is 9.71. The van der Waals surface area contributed by atoms with E-state index in [4.69, 9.17) is 15.7 Å². The smallest absolute Gasteiger partial charge is 0.237 e. The van der Waals surface area contributed by atoms with Crippen molar-refractivity contribution in [3.05, 3.63) is 59.4 Å². The van der Waals surface area contributed by atoms with Crippen molar-refractivity contribution in [3.63, 3.8) is 0 Å². The highest BCUT2D eigenvalue weighted by molar-refractivity contribution is 6.09. The molecule has 0 bridgehead atoms. The van der Waals surface area contributed by atoms with E-state index in [2.05, 4.69) is 33.6 Å². The predicted octanol–water partition coefficient (Wildman–Crippen LogP) is 2.52. The Labute approximate surface area is 171 Å². The zero-order valence-corrected chi connectivity index (χ0v) is 16.7. The molecular weight excluding hydrogens is 364 g/mol. The fourth-order valence-corrected chi connectivity index (χ4v) is 3.19. The summed E-state index contributed by atoms with van der Waals surface area (Å²) in [5.74, 6) is 0.936. The van der Waals surface area contributed by atoms with Crippen LogP contribution in [0.1, 0.15) is 29.5 Å². The highest BCUT2D eigenvalue weighted by Gasteiger charge is 2.21. The van der Waals surface area contributed by atoms with Gasteiger partial charge in [-0.2, -0.15) is 5.26 Å². The second-order valence-corrected chi connectivity index (χ2v) is 7.00. The van der Waals surface area contributed by atoms with Gasteiger partial charge in [-0.05, 0) is 29.7 Å². The van der Waals surface area contributed by atoms with Crippen LogP contribution in [0.15, 0.2) is 47.7 Å². The van der Waals surface area contributed by atoms with E-state index in [-0.39, 0.29) is 6.10 Å². The number of aliphatic imine (C=N–C) groups is 1. The molecule has 0 aliphatic carbocycles. The molecule has 2 aromatic rings. The van der Waals surface area contributed by atoms with Crippen LogP contribution in [0.5, 0.6) is 5.88 Å². The van der Waals surface area contributed by atoms with Crippen LogP contribution in [0.2, 0.25) is 0 Å². The first-order chi connectivity index (χ1) is 14.1. The van der Waals surface area contributed by atoms with Crippen molar-refractivity contribution in [2.24, 2.45) is 10.7 Å². The lowest BCUT2D eigenvalue weighted by atomic mass is 10.00. The Balaban J connectivity index is 1.53. The summed E-state index contributed by atoms with van der Waals surface area (Å²) in [7, 11) is 1.70. The van der Waals surface area contributed by atoms with E-state index in [0.717, 1.165) is 23.4 Å². The van der Waals surface area contributed by atoms with Crippen LogP contribution < -0.4 is 21.1 Å². The van der Waals surface area contributed by atoms with Crippen LogP contribution in [-0.2, 0) is 0 Å². The maximum Gasteiger partial charge on any atom is 0.237 e. The van der Waals surface area contributed by atoms with Gasteiger partial charge in [-0.25, -0.2) is 4.98 Å². The molecule has 0 saturated heterocycles. The molecule has 3 rings (SSSR count). The lowest BCUT2D eigenvalue weighted by Gasteiger charge is -2.27. The molecule has 0 spiro atoms. The van der Waals surface area contributed by atoms with E-state index >= 15 is 0 Å². The highest BCUT2D eigenvalue weighted by atomic mass is 16.5. The molecule has 0 radical (unpaired) electrons. The zero-order chi connectivity index (χ0) is 20.6. The Morgan fingerprint density at radius 2 is 2.28 bits per heavy atom. The van der Waals surface area contributed by atoms with E-state index in [1.807, 2.05) is 30.3 Å². The molecule has 2 heterocycles. The lowest BCUT2D eigenvalue weighted by Crippen LogP contribution is -2.40. The Kier molecular flexibility index (Phi) is 6.82. The summed E-state index contributed by atoms with van der Waals surface area (Å²) in [5, 5.41) is 15.8. The van der Waals surface area contributed by atoms with Gasteiger partial charge in [0, 0.05) is 49.9 Å². The van der Waals surface area contributed by atoms with Crippen LogP contribution in [0.25, 0.3) is 5.57 Å².